The Kier molecular flexibility index (Phi) is 24.1. The van der Waals surface area contributed by atoms with Crippen LogP contribution in [-0.2, 0) is 0 Å². The fraction of sp³-hybridized carbons (Fsp3) is 0.941. The molecule has 0 N–H and O–H groups in total. The molecule has 0 fully saturated rings. The van der Waals surface area contributed by atoms with E-state index in [0.717, 1.165) is 0 Å². The Morgan fingerprint density at radius 3 is 1.06 bits per heavy atom. The van der Waals surface area contributed by atoms with Crippen LogP contribution in [0.25, 0.3) is 0 Å². The van der Waals surface area contributed by atoms with Gasteiger partial charge in [-0.05, 0) is 25.7 Å². The number of rotatable bonds is 28. The van der Waals surface area contributed by atoms with Crippen molar-refractivity contribution in [2.75, 3.05) is 13.1 Å². The maximum atomic E-state index is 2.67. The van der Waals surface area contributed by atoms with Crippen molar-refractivity contribution in [3.8, 4) is 0 Å². The zero-order valence-electron chi connectivity index (χ0n) is 25.4. The van der Waals surface area contributed by atoms with Crippen LogP contribution in [0.2, 0.25) is 0 Å². The van der Waals surface area contributed by atoms with Gasteiger partial charge in [0.2, 0.25) is 0 Å². The molecule has 0 aliphatic carbocycles. The van der Waals surface area contributed by atoms with E-state index in [-0.39, 0.29) is 0 Å². The van der Waals surface area contributed by atoms with Gasteiger partial charge in [-0.3, -0.25) is 0 Å². The first-order valence-electron chi connectivity index (χ1n) is 17.0. The van der Waals surface area contributed by atoms with Gasteiger partial charge in [-0.2, -0.15) is 0 Å². The molecular formula is C34H68N2. The van der Waals surface area contributed by atoms with Gasteiger partial charge < -0.3 is 9.80 Å². The summed E-state index contributed by atoms with van der Waals surface area (Å²) in [4.78, 5) is 5.32. The summed E-state index contributed by atoms with van der Waals surface area (Å²) in [7, 11) is 0. The minimum Gasteiger partial charge on any atom is -0.356 e. The Morgan fingerprint density at radius 1 is 0.361 bits per heavy atom. The summed E-state index contributed by atoms with van der Waals surface area (Å²) >= 11 is 0. The topological polar surface area (TPSA) is 6.48 Å². The highest BCUT2D eigenvalue weighted by atomic mass is 15.4. The molecule has 1 unspecified atom stereocenters. The van der Waals surface area contributed by atoms with Gasteiger partial charge >= 0.3 is 0 Å². The summed E-state index contributed by atoms with van der Waals surface area (Å²) in [5.74, 6) is 0. The summed E-state index contributed by atoms with van der Waals surface area (Å²) in [5, 5.41) is 0. The van der Waals surface area contributed by atoms with Crippen LogP contribution < -0.4 is 0 Å². The van der Waals surface area contributed by atoms with Crippen LogP contribution in [0, 0.1) is 0 Å². The smallest absolute Gasteiger partial charge is 0.101 e. The molecule has 0 saturated carbocycles. The second-order valence-electron chi connectivity index (χ2n) is 11.8. The van der Waals surface area contributed by atoms with Gasteiger partial charge in [-0.25, -0.2) is 0 Å². The molecular weight excluding hydrogens is 436 g/mol. The number of hydrogen-bond acceptors (Lipinski definition) is 2. The van der Waals surface area contributed by atoms with Crippen molar-refractivity contribution in [2.24, 2.45) is 0 Å². The molecule has 0 bridgehead atoms. The Morgan fingerprint density at radius 2 is 0.667 bits per heavy atom. The predicted octanol–water partition coefficient (Wildman–Crippen LogP) is 11.6. The molecule has 0 aromatic carbocycles. The third-order valence-corrected chi connectivity index (χ3v) is 8.32. The Hall–Kier alpha value is -0.660. The molecule has 1 rings (SSSR count). The van der Waals surface area contributed by atoms with Crippen LogP contribution in [-0.4, -0.2) is 29.1 Å². The molecule has 0 amide bonds. The van der Waals surface area contributed by atoms with Crippen molar-refractivity contribution in [3.05, 3.63) is 12.4 Å². The monoisotopic (exact) mass is 505 g/mol. The minimum absolute atomic E-state index is 0.642. The molecule has 36 heavy (non-hydrogen) atoms. The molecule has 1 aliphatic heterocycles. The Labute approximate surface area is 229 Å². The maximum Gasteiger partial charge on any atom is 0.101 e. The van der Waals surface area contributed by atoms with Crippen LogP contribution in [0.1, 0.15) is 188 Å². The highest BCUT2D eigenvalue weighted by molar-refractivity contribution is 4.96. The van der Waals surface area contributed by atoms with Crippen molar-refractivity contribution in [1.82, 2.24) is 9.80 Å². The lowest BCUT2D eigenvalue weighted by Crippen LogP contribution is -2.39. The van der Waals surface area contributed by atoms with Crippen molar-refractivity contribution in [1.29, 1.82) is 0 Å². The van der Waals surface area contributed by atoms with E-state index in [1.54, 1.807) is 0 Å². The number of hydrogen-bond donors (Lipinski definition) is 0. The lowest BCUT2D eigenvalue weighted by molar-refractivity contribution is 0.136. The summed E-state index contributed by atoms with van der Waals surface area (Å²) in [6, 6.07) is 0. The molecule has 0 spiro atoms. The van der Waals surface area contributed by atoms with E-state index in [0.29, 0.717) is 6.17 Å². The van der Waals surface area contributed by atoms with Gasteiger partial charge in [0.05, 0.1) is 0 Å². The van der Waals surface area contributed by atoms with Crippen LogP contribution in [0.5, 0.6) is 0 Å². The fourth-order valence-electron chi connectivity index (χ4n) is 5.81. The number of unbranched alkanes of at least 4 members (excludes halogenated alkanes) is 22. The first-order chi connectivity index (χ1) is 17.8. The van der Waals surface area contributed by atoms with Crippen molar-refractivity contribution >= 4 is 0 Å². The molecule has 0 aromatic heterocycles. The van der Waals surface area contributed by atoms with E-state index in [1.807, 2.05) is 0 Å². The van der Waals surface area contributed by atoms with Crippen molar-refractivity contribution < 1.29 is 0 Å². The van der Waals surface area contributed by atoms with E-state index >= 15 is 0 Å². The summed E-state index contributed by atoms with van der Waals surface area (Å²) in [6.45, 7) is 9.44. The van der Waals surface area contributed by atoms with Gasteiger partial charge in [0.25, 0.3) is 0 Å². The third kappa shape index (κ3) is 18.6. The standard InChI is InChI=1S/C34H68N2/c1-4-7-10-12-14-15-16-17-18-19-20-21-22-23-24-26-28-31-36-33-32-35(30-9-6-3)34(36)29-27-25-13-11-8-5-2/h32-34H,4-31H2,1-3H3. The second-order valence-corrected chi connectivity index (χ2v) is 11.8. The molecule has 1 heterocycles. The average molecular weight is 505 g/mol. The molecule has 0 radical (unpaired) electrons. The second kappa shape index (κ2) is 26.0. The quantitative estimate of drug-likeness (QED) is 0.0977. The largest absolute Gasteiger partial charge is 0.356 e. The average Bonchev–Trinajstić information content (AvgIpc) is 3.27. The normalized spacial score (nSPS) is 15.5. The molecule has 214 valence electrons. The van der Waals surface area contributed by atoms with Crippen LogP contribution in [0.15, 0.2) is 12.4 Å². The van der Waals surface area contributed by atoms with E-state index < -0.39 is 0 Å². The van der Waals surface area contributed by atoms with Gasteiger partial charge in [0, 0.05) is 25.5 Å². The van der Waals surface area contributed by atoms with E-state index in [2.05, 4.69) is 43.0 Å². The van der Waals surface area contributed by atoms with Crippen molar-refractivity contribution in [3.63, 3.8) is 0 Å². The zero-order chi connectivity index (χ0) is 25.9. The van der Waals surface area contributed by atoms with Crippen LogP contribution in [0.3, 0.4) is 0 Å². The summed E-state index contributed by atoms with van der Waals surface area (Å²) in [5.41, 5.74) is 0. The Bertz CT molecular complexity index is 460. The highest BCUT2D eigenvalue weighted by Gasteiger charge is 2.24. The molecule has 0 saturated heterocycles. The summed E-state index contributed by atoms with van der Waals surface area (Å²) < 4.78 is 0. The SMILES string of the molecule is CCCCCCCCCCCCCCCCCCCN1C=CN(CCCC)C1CCCCCCCC. The molecule has 1 atom stereocenters. The first kappa shape index (κ1) is 33.4. The van der Waals surface area contributed by atoms with Gasteiger partial charge in [-0.1, -0.05) is 162 Å². The maximum absolute atomic E-state index is 2.67. The predicted molar refractivity (Wildman–Crippen MR) is 163 cm³/mol. The zero-order valence-corrected chi connectivity index (χ0v) is 25.4. The van der Waals surface area contributed by atoms with Gasteiger partial charge in [0.1, 0.15) is 6.17 Å². The highest BCUT2D eigenvalue weighted by Crippen LogP contribution is 2.23. The third-order valence-electron chi connectivity index (χ3n) is 8.32. The molecule has 0 aromatic rings. The van der Waals surface area contributed by atoms with Crippen molar-refractivity contribution in [2.45, 2.75) is 194 Å². The first-order valence-corrected chi connectivity index (χ1v) is 17.0. The van der Waals surface area contributed by atoms with E-state index in [9.17, 15) is 0 Å². The summed E-state index contributed by atoms with van der Waals surface area (Å²) in [6.07, 6.45) is 42.6. The minimum atomic E-state index is 0.642. The van der Waals surface area contributed by atoms with Gasteiger partial charge in [-0.15, -0.1) is 0 Å². The van der Waals surface area contributed by atoms with Crippen LogP contribution >= 0.6 is 0 Å². The lowest BCUT2D eigenvalue weighted by Gasteiger charge is -2.33. The number of nitrogens with zero attached hydrogens (tertiary/aromatic N) is 2. The van der Waals surface area contributed by atoms with Crippen LogP contribution in [0.4, 0.5) is 0 Å². The van der Waals surface area contributed by atoms with Gasteiger partial charge in [0.15, 0.2) is 0 Å². The molecule has 2 heteroatoms. The molecule has 1 aliphatic rings. The van der Waals surface area contributed by atoms with E-state index in [4.69, 9.17) is 0 Å². The fourth-order valence-corrected chi connectivity index (χ4v) is 5.81. The Balaban J connectivity index is 1.99. The molecule has 2 nitrogen and oxygen atoms in total. The van der Waals surface area contributed by atoms with E-state index in [1.165, 1.54) is 180 Å². The lowest BCUT2D eigenvalue weighted by atomic mass is 10.0.